The highest BCUT2D eigenvalue weighted by molar-refractivity contribution is 5.74. The summed E-state index contributed by atoms with van der Waals surface area (Å²) >= 11 is 0. The molecule has 0 saturated carbocycles. The van der Waals surface area contributed by atoms with Crippen molar-refractivity contribution in [2.24, 2.45) is 0 Å². The van der Waals surface area contributed by atoms with Gasteiger partial charge in [-0.15, -0.1) is 0 Å². The van der Waals surface area contributed by atoms with Crippen LogP contribution in [-0.4, -0.2) is 24.0 Å². The molecule has 0 saturated heterocycles. The number of nitrogen functional groups attached to an aromatic ring is 1. The van der Waals surface area contributed by atoms with Crippen molar-refractivity contribution < 1.29 is 4.79 Å². The second kappa shape index (κ2) is 6.13. The van der Waals surface area contributed by atoms with E-state index in [-0.39, 0.29) is 12.1 Å². The average Bonchev–Trinajstić information content (AvgIpc) is 2.30. The molecular weight excluding hydrogens is 214 g/mol. The Morgan fingerprint density at radius 1 is 1.41 bits per heavy atom. The molecule has 1 unspecified atom stereocenters. The predicted molar refractivity (Wildman–Crippen MR) is 70.7 cm³/mol. The maximum Gasteiger partial charge on any atom is 0.317 e. The van der Waals surface area contributed by atoms with Crippen molar-refractivity contribution in [2.75, 3.05) is 18.8 Å². The van der Waals surface area contributed by atoms with Gasteiger partial charge in [0.05, 0.1) is 6.04 Å². The van der Waals surface area contributed by atoms with Crippen LogP contribution < -0.4 is 11.1 Å². The molecule has 1 atom stereocenters. The zero-order chi connectivity index (χ0) is 12.8. The summed E-state index contributed by atoms with van der Waals surface area (Å²) in [7, 11) is 0. The SMILES string of the molecule is CCN(CC)C(=O)NC(C)c1cccc(N)c1. The lowest BCUT2D eigenvalue weighted by Gasteiger charge is -2.22. The number of hydrogen-bond acceptors (Lipinski definition) is 2. The van der Waals surface area contributed by atoms with Crippen molar-refractivity contribution in [1.82, 2.24) is 10.2 Å². The van der Waals surface area contributed by atoms with Crippen molar-refractivity contribution in [1.29, 1.82) is 0 Å². The summed E-state index contributed by atoms with van der Waals surface area (Å²) in [5, 5.41) is 2.96. The Kier molecular flexibility index (Phi) is 4.82. The van der Waals surface area contributed by atoms with E-state index in [1.807, 2.05) is 45.0 Å². The van der Waals surface area contributed by atoms with Crippen molar-refractivity contribution in [3.63, 3.8) is 0 Å². The first-order valence-corrected chi connectivity index (χ1v) is 5.99. The zero-order valence-corrected chi connectivity index (χ0v) is 10.7. The van der Waals surface area contributed by atoms with E-state index in [0.717, 1.165) is 5.56 Å². The van der Waals surface area contributed by atoms with Gasteiger partial charge in [-0.2, -0.15) is 0 Å². The fourth-order valence-electron chi connectivity index (χ4n) is 1.70. The monoisotopic (exact) mass is 235 g/mol. The number of nitrogens with one attached hydrogen (secondary N) is 1. The molecule has 0 aliphatic rings. The van der Waals surface area contributed by atoms with Crippen LogP contribution >= 0.6 is 0 Å². The van der Waals surface area contributed by atoms with Crippen molar-refractivity contribution in [3.8, 4) is 0 Å². The largest absolute Gasteiger partial charge is 0.399 e. The van der Waals surface area contributed by atoms with Gasteiger partial charge in [-0.1, -0.05) is 12.1 Å². The Balaban J connectivity index is 2.66. The number of benzene rings is 1. The number of anilines is 1. The summed E-state index contributed by atoms with van der Waals surface area (Å²) in [6.45, 7) is 7.32. The number of hydrogen-bond donors (Lipinski definition) is 2. The number of carbonyl (C=O) groups excluding carboxylic acids is 1. The minimum atomic E-state index is -0.0371. The van der Waals surface area contributed by atoms with Gasteiger partial charge in [0.15, 0.2) is 0 Å². The first-order valence-electron chi connectivity index (χ1n) is 5.99. The van der Waals surface area contributed by atoms with Gasteiger partial charge >= 0.3 is 6.03 Å². The van der Waals surface area contributed by atoms with Crippen LogP contribution in [-0.2, 0) is 0 Å². The first-order chi connectivity index (χ1) is 8.08. The molecule has 94 valence electrons. The van der Waals surface area contributed by atoms with E-state index in [1.54, 1.807) is 4.90 Å². The van der Waals surface area contributed by atoms with Crippen LogP contribution in [0.4, 0.5) is 10.5 Å². The second-order valence-corrected chi connectivity index (χ2v) is 4.01. The fourth-order valence-corrected chi connectivity index (χ4v) is 1.70. The van der Waals surface area contributed by atoms with E-state index < -0.39 is 0 Å². The van der Waals surface area contributed by atoms with Gasteiger partial charge in [-0.25, -0.2) is 4.79 Å². The van der Waals surface area contributed by atoms with Crippen molar-refractivity contribution >= 4 is 11.7 Å². The molecular formula is C13H21N3O. The van der Waals surface area contributed by atoms with E-state index >= 15 is 0 Å². The quantitative estimate of drug-likeness (QED) is 0.787. The number of nitrogens with two attached hydrogens (primary N) is 1. The molecule has 0 aliphatic carbocycles. The Hall–Kier alpha value is -1.71. The Bertz CT molecular complexity index is 375. The molecule has 0 heterocycles. The van der Waals surface area contributed by atoms with Gasteiger partial charge in [-0.05, 0) is 38.5 Å². The molecule has 1 aromatic carbocycles. The van der Waals surface area contributed by atoms with E-state index in [9.17, 15) is 4.79 Å². The minimum absolute atomic E-state index is 0.0356. The molecule has 0 fully saturated rings. The molecule has 4 nitrogen and oxygen atoms in total. The maximum atomic E-state index is 11.9. The van der Waals surface area contributed by atoms with Gasteiger partial charge in [0.25, 0.3) is 0 Å². The van der Waals surface area contributed by atoms with Gasteiger partial charge in [0.2, 0.25) is 0 Å². The fraction of sp³-hybridized carbons (Fsp3) is 0.462. The molecule has 0 aliphatic heterocycles. The number of urea groups is 1. The summed E-state index contributed by atoms with van der Waals surface area (Å²) in [5.74, 6) is 0. The number of carbonyl (C=O) groups is 1. The highest BCUT2D eigenvalue weighted by Gasteiger charge is 2.13. The lowest BCUT2D eigenvalue weighted by Crippen LogP contribution is -2.40. The summed E-state index contributed by atoms with van der Waals surface area (Å²) in [6, 6.07) is 7.50. The minimum Gasteiger partial charge on any atom is -0.399 e. The summed E-state index contributed by atoms with van der Waals surface area (Å²) in [4.78, 5) is 13.6. The molecule has 4 heteroatoms. The number of nitrogens with zero attached hydrogens (tertiary/aromatic N) is 1. The van der Waals surface area contributed by atoms with Gasteiger partial charge < -0.3 is 16.0 Å². The summed E-state index contributed by atoms with van der Waals surface area (Å²) in [5.41, 5.74) is 7.45. The molecule has 3 N–H and O–H groups in total. The number of rotatable bonds is 4. The predicted octanol–water partition coefficient (Wildman–Crippen LogP) is 2.38. The second-order valence-electron chi connectivity index (χ2n) is 4.01. The third-order valence-corrected chi connectivity index (χ3v) is 2.80. The van der Waals surface area contributed by atoms with Gasteiger partial charge in [-0.3, -0.25) is 0 Å². The van der Waals surface area contributed by atoms with E-state index in [0.29, 0.717) is 18.8 Å². The van der Waals surface area contributed by atoms with Crippen LogP contribution in [0.15, 0.2) is 24.3 Å². The summed E-state index contributed by atoms with van der Waals surface area (Å²) < 4.78 is 0. The van der Waals surface area contributed by atoms with E-state index in [1.165, 1.54) is 0 Å². The van der Waals surface area contributed by atoms with Crippen LogP contribution in [0, 0.1) is 0 Å². The molecule has 2 amide bonds. The van der Waals surface area contributed by atoms with Crippen LogP contribution in [0.2, 0.25) is 0 Å². The third-order valence-electron chi connectivity index (χ3n) is 2.80. The van der Waals surface area contributed by atoms with Gasteiger partial charge in [0, 0.05) is 18.8 Å². The Labute approximate surface area is 103 Å². The van der Waals surface area contributed by atoms with E-state index in [2.05, 4.69) is 5.32 Å². The Morgan fingerprint density at radius 2 is 2.06 bits per heavy atom. The number of amides is 2. The topological polar surface area (TPSA) is 58.4 Å². The van der Waals surface area contributed by atoms with E-state index in [4.69, 9.17) is 5.73 Å². The van der Waals surface area contributed by atoms with Crippen LogP contribution in [0.25, 0.3) is 0 Å². The van der Waals surface area contributed by atoms with Crippen molar-refractivity contribution in [3.05, 3.63) is 29.8 Å². The van der Waals surface area contributed by atoms with Crippen LogP contribution in [0.1, 0.15) is 32.4 Å². The molecule has 0 radical (unpaired) electrons. The summed E-state index contributed by atoms with van der Waals surface area (Å²) in [6.07, 6.45) is 0. The highest BCUT2D eigenvalue weighted by atomic mass is 16.2. The lowest BCUT2D eigenvalue weighted by molar-refractivity contribution is 0.200. The smallest absolute Gasteiger partial charge is 0.317 e. The molecule has 17 heavy (non-hydrogen) atoms. The first kappa shape index (κ1) is 13.4. The molecule has 0 spiro atoms. The van der Waals surface area contributed by atoms with Crippen LogP contribution in [0.5, 0.6) is 0 Å². The maximum absolute atomic E-state index is 11.9. The van der Waals surface area contributed by atoms with Gasteiger partial charge in [0.1, 0.15) is 0 Å². The molecule has 0 aromatic heterocycles. The van der Waals surface area contributed by atoms with Crippen LogP contribution in [0.3, 0.4) is 0 Å². The molecule has 0 bridgehead atoms. The average molecular weight is 235 g/mol. The zero-order valence-electron chi connectivity index (χ0n) is 10.7. The third kappa shape index (κ3) is 3.66. The Morgan fingerprint density at radius 3 is 2.59 bits per heavy atom. The van der Waals surface area contributed by atoms with Crippen molar-refractivity contribution in [2.45, 2.75) is 26.8 Å². The lowest BCUT2D eigenvalue weighted by atomic mass is 10.1. The highest BCUT2D eigenvalue weighted by Crippen LogP contribution is 2.15. The normalized spacial score (nSPS) is 11.9. The molecule has 1 rings (SSSR count). The molecule has 1 aromatic rings. The standard InChI is InChI=1S/C13H21N3O/c1-4-16(5-2)13(17)15-10(3)11-7-6-8-12(14)9-11/h6-10H,4-5,14H2,1-3H3,(H,15,17).